The minimum atomic E-state index is -0.991. The number of rotatable bonds is 2. The van der Waals surface area contributed by atoms with Crippen LogP contribution in [0.5, 0.6) is 0 Å². The molecular weight excluding hydrogens is 290 g/mol. The maximum absolute atomic E-state index is 11.1. The van der Waals surface area contributed by atoms with E-state index in [1.807, 2.05) is 20.8 Å². The second-order valence-corrected chi connectivity index (χ2v) is 6.43. The third-order valence-corrected chi connectivity index (χ3v) is 3.77. The predicted octanol–water partition coefficient (Wildman–Crippen LogP) is 2.24. The normalized spacial score (nSPS) is 12.0. The van der Waals surface area contributed by atoms with Crippen molar-refractivity contribution in [3.05, 3.63) is 29.6 Å². The lowest BCUT2D eigenvalue weighted by Gasteiger charge is -2.15. The SMILES string of the molecule is CC(C)(C)c1nnsc1-c1nnc2ccc(C(=O)O)cn12. The lowest BCUT2D eigenvalue weighted by molar-refractivity contribution is 0.0696. The highest BCUT2D eigenvalue weighted by atomic mass is 32.1. The molecule has 7 nitrogen and oxygen atoms in total. The molecule has 0 saturated carbocycles. The fraction of sp³-hybridized carbons (Fsp3) is 0.308. The molecular formula is C13H13N5O2S. The largest absolute Gasteiger partial charge is 0.478 e. The van der Waals surface area contributed by atoms with Crippen LogP contribution < -0.4 is 0 Å². The van der Waals surface area contributed by atoms with Crippen molar-refractivity contribution < 1.29 is 9.90 Å². The molecule has 0 unspecified atom stereocenters. The van der Waals surface area contributed by atoms with E-state index in [-0.39, 0.29) is 11.0 Å². The number of fused-ring (bicyclic) bond motifs is 1. The van der Waals surface area contributed by atoms with Crippen molar-refractivity contribution in [2.75, 3.05) is 0 Å². The van der Waals surface area contributed by atoms with Crippen LogP contribution in [0.2, 0.25) is 0 Å². The number of aromatic carboxylic acids is 1. The first-order chi connectivity index (χ1) is 9.88. The van der Waals surface area contributed by atoms with E-state index < -0.39 is 5.97 Å². The van der Waals surface area contributed by atoms with Gasteiger partial charge in [0.05, 0.1) is 11.3 Å². The predicted molar refractivity (Wildman–Crippen MR) is 77.5 cm³/mol. The van der Waals surface area contributed by atoms with E-state index in [1.54, 1.807) is 10.5 Å². The van der Waals surface area contributed by atoms with Crippen LogP contribution in [0.25, 0.3) is 16.3 Å². The zero-order chi connectivity index (χ0) is 15.2. The number of pyridine rings is 1. The molecule has 0 spiro atoms. The third-order valence-electron chi connectivity index (χ3n) is 3.05. The summed E-state index contributed by atoms with van der Waals surface area (Å²) in [6.07, 6.45) is 1.51. The van der Waals surface area contributed by atoms with Gasteiger partial charge in [0.25, 0.3) is 0 Å². The number of carboxylic acids is 1. The molecule has 0 fully saturated rings. The molecule has 0 aliphatic heterocycles. The summed E-state index contributed by atoms with van der Waals surface area (Å²) < 4.78 is 5.66. The first kappa shape index (κ1) is 13.6. The summed E-state index contributed by atoms with van der Waals surface area (Å²) in [4.78, 5) is 11.9. The maximum Gasteiger partial charge on any atom is 0.337 e. The van der Waals surface area contributed by atoms with E-state index in [4.69, 9.17) is 5.11 Å². The van der Waals surface area contributed by atoms with Crippen LogP contribution in [0.1, 0.15) is 36.8 Å². The summed E-state index contributed by atoms with van der Waals surface area (Å²) in [7, 11) is 0. The van der Waals surface area contributed by atoms with Gasteiger partial charge < -0.3 is 5.11 Å². The number of hydrogen-bond acceptors (Lipinski definition) is 6. The van der Waals surface area contributed by atoms with E-state index in [9.17, 15) is 4.79 Å². The van der Waals surface area contributed by atoms with Gasteiger partial charge >= 0.3 is 5.97 Å². The van der Waals surface area contributed by atoms with E-state index in [0.29, 0.717) is 11.5 Å². The Kier molecular flexibility index (Phi) is 2.98. The van der Waals surface area contributed by atoms with Crippen LogP contribution in [-0.2, 0) is 5.41 Å². The Morgan fingerprint density at radius 3 is 2.67 bits per heavy atom. The molecule has 0 radical (unpaired) electrons. The van der Waals surface area contributed by atoms with Gasteiger partial charge in [-0.25, -0.2) is 4.79 Å². The van der Waals surface area contributed by atoms with Crippen molar-refractivity contribution in [2.24, 2.45) is 0 Å². The lowest BCUT2D eigenvalue weighted by Crippen LogP contribution is -2.13. The van der Waals surface area contributed by atoms with Gasteiger partial charge in [0, 0.05) is 11.6 Å². The second kappa shape index (κ2) is 4.59. The highest BCUT2D eigenvalue weighted by Crippen LogP contribution is 2.33. The molecule has 3 rings (SSSR count). The number of carboxylic acid groups (broad SMARTS) is 1. The van der Waals surface area contributed by atoms with Gasteiger partial charge in [-0.3, -0.25) is 4.40 Å². The molecule has 3 aromatic rings. The van der Waals surface area contributed by atoms with Gasteiger partial charge in [-0.15, -0.1) is 15.3 Å². The molecule has 0 aromatic carbocycles. The van der Waals surface area contributed by atoms with Gasteiger partial charge in [-0.05, 0) is 23.7 Å². The first-order valence-electron chi connectivity index (χ1n) is 6.29. The minimum absolute atomic E-state index is 0.179. The van der Waals surface area contributed by atoms with Gasteiger partial charge in [-0.2, -0.15) is 0 Å². The average Bonchev–Trinajstić information content (AvgIpc) is 3.02. The Morgan fingerprint density at radius 1 is 1.24 bits per heavy atom. The van der Waals surface area contributed by atoms with E-state index >= 15 is 0 Å². The molecule has 0 amide bonds. The van der Waals surface area contributed by atoms with Crippen molar-refractivity contribution in [2.45, 2.75) is 26.2 Å². The number of nitrogens with zero attached hydrogens (tertiary/aromatic N) is 5. The molecule has 0 atom stereocenters. The van der Waals surface area contributed by atoms with E-state index in [1.165, 1.54) is 23.8 Å². The molecule has 3 aromatic heterocycles. The van der Waals surface area contributed by atoms with Crippen molar-refractivity contribution in [1.82, 2.24) is 24.2 Å². The Bertz CT molecular complexity index is 831. The van der Waals surface area contributed by atoms with Crippen LogP contribution in [0.4, 0.5) is 0 Å². The molecule has 1 N–H and O–H groups in total. The molecule has 0 bridgehead atoms. The Labute approximate surface area is 124 Å². The smallest absolute Gasteiger partial charge is 0.337 e. The van der Waals surface area contributed by atoms with Crippen LogP contribution in [0.3, 0.4) is 0 Å². The zero-order valence-corrected chi connectivity index (χ0v) is 12.5. The fourth-order valence-corrected chi connectivity index (χ4v) is 2.86. The average molecular weight is 303 g/mol. The van der Waals surface area contributed by atoms with E-state index in [0.717, 1.165) is 10.6 Å². The molecule has 0 aliphatic carbocycles. The van der Waals surface area contributed by atoms with Gasteiger partial charge in [0.1, 0.15) is 4.88 Å². The van der Waals surface area contributed by atoms with Crippen molar-refractivity contribution in [3.63, 3.8) is 0 Å². The minimum Gasteiger partial charge on any atom is -0.478 e. The third kappa shape index (κ3) is 2.27. The first-order valence-corrected chi connectivity index (χ1v) is 7.06. The molecule has 0 aliphatic rings. The van der Waals surface area contributed by atoms with Crippen LogP contribution in [0.15, 0.2) is 18.3 Å². The topological polar surface area (TPSA) is 93.3 Å². The Balaban J connectivity index is 2.24. The standard InChI is InChI=1S/C13H13N5O2S/c1-13(2,3)10-9(21-17-15-10)11-16-14-8-5-4-7(12(19)20)6-18(8)11/h4-6H,1-3H3,(H,19,20). The van der Waals surface area contributed by atoms with Gasteiger partial charge in [0.2, 0.25) is 0 Å². The number of carbonyl (C=O) groups is 1. The summed E-state index contributed by atoms with van der Waals surface area (Å²) in [6.45, 7) is 6.12. The second-order valence-electron chi connectivity index (χ2n) is 5.68. The Morgan fingerprint density at radius 2 is 2.00 bits per heavy atom. The summed E-state index contributed by atoms with van der Waals surface area (Å²) in [6, 6.07) is 3.14. The zero-order valence-electron chi connectivity index (χ0n) is 11.7. The van der Waals surface area contributed by atoms with Crippen molar-refractivity contribution in [1.29, 1.82) is 0 Å². The molecule has 8 heteroatoms. The summed E-state index contributed by atoms with van der Waals surface area (Å²) >= 11 is 1.23. The summed E-state index contributed by atoms with van der Waals surface area (Å²) in [5.41, 5.74) is 1.41. The summed E-state index contributed by atoms with van der Waals surface area (Å²) in [5.74, 6) is -0.428. The fourth-order valence-electron chi connectivity index (χ4n) is 2.00. The highest BCUT2D eigenvalue weighted by molar-refractivity contribution is 7.09. The van der Waals surface area contributed by atoms with Gasteiger partial charge in [-0.1, -0.05) is 25.3 Å². The quantitative estimate of drug-likeness (QED) is 0.780. The van der Waals surface area contributed by atoms with Crippen LogP contribution in [0, 0.1) is 0 Å². The maximum atomic E-state index is 11.1. The van der Waals surface area contributed by atoms with E-state index in [2.05, 4.69) is 19.8 Å². The number of aromatic nitrogens is 5. The van der Waals surface area contributed by atoms with Crippen molar-refractivity contribution >= 4 is 23.1 Å². The molecule has 3 heterocycles. The monoisotopic (exact) mass is 303 g/mol. The molecule has 108 valence electrons. The molecule has 0 saturated heterocycles. The Hall–Kier alpha value is -2.35. The van der Waals surface area contributed by atoms with Crippen LogP contribution >= 0.6 is 11.5 Å². The summed E-state index contributed by atoms with van der Waals surface area (Å²) in [5, 5.41) is 21.5. The lowest BCUT2D eigenvalue weighted by atomic mass is 9.91. The van der Waals surface area contributed by atoms with Crippen LogP contribution in [-0.4, -0.2) is 35.3 Å². The van der Waals surface area contributed by atoms with Crippen molar-refractivity contribution in [3.8, 4) is 10.7 Å². The highest BCUT2D eigenvalue weighted by Gasteiger charge is 2.26. The number of hydrogen-bond donors (Lipinski definition) is 1. The van der Waals surface area contributed by atoms with Gasteiger partial charge in [0.15, 0.2) is 11.5 Å². The molecule has 21 heavy (non-hydrogen) atoms.